The molecule has 26 heavy (non-hydrogen) atoms. The van der Waals surface area contributed by atoms with Crippen LogP contribution in [0.4, 0.5) is 0 Å². The Bertz CT molecular complexity index is 995. The van der Waals surface area contributed by atoms with Gasteiger partial charge in [-0.05, 0) is 31.9 Å². The van der Waals surface area contributed by atoms with Crippen molar-refractivity contribution in [3.8, 4) is 22.9 Å². The molecule has 0 aliphatic carbocycles. The third-order valence-corrected chi connectivity index (χ3v) is 4.29. The van der Waals surface area contributed by atoms with E-state index >= 15 is 0 Å². The zero-order valence-electron chi connectivity index (χ0n) is 14.9. The third-order valence-electron chi connectivity index (χ3n) is 4.29. The maximum absolute atomic E-state index is 4.86. The molecular formula is C21H19IrN4-. The van der Waals surface area contributed by atoms with Gasteiger partial charge in [-0.25, -0.2) is 4.98 Å². The average molecular weight is 520 g/mol. The summed E-state index contributed by atoms with van der Waals surface area (Å²) in [5, 5.41) is 0. The first kappa shape index (κ1) is 18.3. The Hall–Kier alpha value is -2.49. The van der Waals surface area contributed by atoms with Crippen molar-refractivity contribution in [2.45, 2.75) is 20.8 Å². The number of imidazole rings is 2. The normalized spacial score (nSPS) is 10.6. The van der Waals surface area contributed by atoms with Gasteiger partial charge >= 0.3 is 0 Å². The summed E-state index contributed by atoms with van der Waals surface area (Å²) in [4.78, 5) is 8.99. The zero-order valence-corrected chi connectivity index (χ0v) is 17.3. The monoisotopic (exact) mass is 520 g/mol. The van der Waals surface area contributed by atoms with Gasteiger partial charge in [0.2, 0.25) is 0 Å². The van der Waals surface area contributed by atoms with Crippen molar-refractivity contribution < 1.29 is 20.1 Å². The molecular weight excluding hydrogens is 500 g/mol. The smallest absolute Gasteiger partial charge is 0.146 e. The van der Waals surface area contributed by atoms with Crippen LogP contribution in [0.5, 0.6) is 0 Å². The molecule has 0 saturated heterocycles. The van der Waals surface area contributed by atoms with E-state index in [4.69, 9.17) is 4.98 Å². The van der Waals surface area contributed by atoms with E-state index in [1.54, 1.807) is 12.5 Å². The van der Waals surface area contributed by atoms with Crippen molar-refractivity contribution in [1.29, 1.82) is 0 Å². The van der Waals surface area contributed by atoms with Crippen LogP contribution in [-0.2, 0) is 20.1 Å². The molecule has 0 fully saturated rings. The van der Waals surface area contributed by atoms with Gasteiger partial charge in [-0.1, -0.05) is 17.7 Å². The van der Waals surface area contributed by atoms with Gasteiger partial charge in [0, 0.05) is 44.4 Å². The van der Waals surface area contributed by atoms with E-state index in [0.29, 0.717) is 0 Å². The number of aromatic nitrogens is 4. The summed E-state index contributed by atoms with van der Waals surface area (Å²) in [5.41, 5.74) is 5.85. The SMILES string of the molecule is Cc1cc(C)c(-n2cc(-n3ccnc3)nc2-c2[c-]cccc2)c(C)c1.[Ir]. The maximum Gasteiger partial charge on any atom is 0.146 e. The van der Waals surface area contributed by atoms with Crippen LogP contribution in [-0.4, -0.2) is 19.1 Å². The zero-order chi connectivity index (χ0) is 17.4. The minimum atomic E-state index is 0. The fourth-order valence-electron chi connectivity index (χ4n) is 3.33. The minimum Gasteiger partial charge on any atom is -0.337 e. The van der Waals surface area contributed by atoms with Crippen LogP contribution in [0.25, 0.3) is 22.9 Å². The first-order valence-corrected chi connectivity index (χ1v) is 8.26. The predicted molar refractivity (Wildman–Crippen MR) is 99.2 cm³/mol. The summed E-state index contributed by atoms with van der Waals surface area (Å²) in [7, 11) is 0. The summed E-state index contributed by atoms with van der Waals surface area (Å²) < 4.78 is 4.08. The number of nitrogens with zero attached hydrogens (tertiary/aromatic N) is 4. The minimum absolute atomic E-state index is 0. The van der Waals surface area contributed by atoms with Crippen LogP contribution in [0.15, 0.2) is 61.3 Å². The van der Waals surface area contributed by atoms with Crippen molar-refractivity contribution in [3.05, 3.63) is 84.1 Å². The second kappa shape index (κ2) is 7.40. The summed E-state index contributed by atoms with van der Waals surface area (Å²) in [6.45, 7) is 6.41. The van der Waals surface area contributed by atoms with Crippen LogP contribution in [0, 0.1) is 26.8 Å². The molecule has 0 aliphatic heterocycles. The van der Waals surface area contributed by atoms with Gasteiger partial charge in [0.1, 0.15) is 12.1 Å². The van der Waals surface area contributed by atoms with Crippen LogP contribution >= 0.6 is 0 Å². The first-order valence-electron chi connectivity index (χ1n) is 8.26. The summed E-state index contributed by atoms with van der Waals surface area (Å²) >= 11 is 0. The van der Waals surface area contributed by atoms with E-state index < -0.39 is 0 Å². The van der Waals surface area contributed by atoms with Gasteiger partial charge in [0.25, 0.3) is 0 Å². The van der Waals surface area contributed by atoms with E-state index in [9.17, 15) is 0 Å². The maximum atomic E-state index is 4.86. The van der Waals surface area contributed by atoms with Crippen molar-refractivity contribution in [1.82, 2.24) is 19.1 Å². The molecule has 0 N–H and O–H groups in total. The average Bonchev–Trinajstić information content (AvgIpc) is 3.24. The Morgan fingerprint density at radius 1 is 1.04 bits per heavy atom. The molecule has 2 heterocycles. The molecule has 4 rings (SSSR count). The van der Waals surface area contributed by atoms with Gasteiger partial charge in [-0.2, -0.15) is 0 Å². The van der Waals surface area contributed by atoms with Gasteiger partial charge in [-0.15, -0.1) is 35.9 Å². The molecule has 5 heteroatoms. The molecule has 0 amide bonds. The third kappa shape index (κ3) is 3.28. The van der Waals surface area contributed by atoms with Gasteiger partial charge < -0.3 is 4.57 Å². The first-order chi connectivity index (χ1) is 12.1. The molecule has 0 bridgehead atoms. The summed E-state index contributed by atoms with van der Waals surface area (Å²) in [5.74, 6) is 1.71. The number of benzene rings is 2. The fourth-order valence-corrected chi connectivity index (χ4v) is 3.33. The van der Waals surface area contributed by atoms with E-state index in [0.717, 1.165) is 22.9 Å². The molecule has 0 atom stereocenters. The molecule has 4 nitrogen and oxygen atoms in total. The van der Waals surface area contributed by atoms with Gasteiger partial charge in [0.05, 0.1) is 5.82 Å². The Labute approximate surface area is 166 Å². The van der Waals surface area contributed by atoms with Crippen molar-refractivity contribution >= 4 is 0 Å². The second-order valence-electron chi connectivity index (χ2n) is 6.29. The Balaban J connectivity index is 0.00000196. The molecule has 4 aromatic rings. The number of hydrogen-bond acceptors (Lipinski definition) is 2. The molecule has 2 aromatic heterocycles. The predicted octanol–water partition coefficient (Wildman–Crippen LogP) is 4.45. The van der Waals surface area contributed by atoms with E-state index in [-0.39, 0.29) is 20.1 Å². The molecule has 0 saturated carbocycles. The van der Waals surface area contributed by atoms with Crippen LogP contribution < -0.4 is 0 Å². The second-order valence-corrected chi connectivity index (χ2v) is 6.29. The Kier molecular flexibility index (Phi) is 5.21. The Morgan fingerprint density at radius 3 is 2.42 bits per heavy atom. The quantitative estimate of drug-likeness (QED) is 0.375. The number of aryl methyl sites for hydroxylation is 3. The van der Waals surface area contributed by atoms with Crippen LogP contribution in [0.2, 0.25) is 0 Å². The van der Waals surface area contributed by atoms with E-state index in [1.165, 1.54) is 16.7 Å². The summed E-state index contributed by atoms with van der Waals surface area (Å²) in [6.07, 6.45) is 7.48. The van der Waals surface area contributed by atoms with Crippen molar-refractivity contribution in [2.24, 2.45) is 0 Å². The van der Waals surface area contributed by atoms with Crippen LogP contribution in [0.3, 0.4) is 0 Å². The molecule has 0 unspecified atom stereocenters. The molecule has 1 radical (unpaired) electrons. The molecule has 0 aliphatic rings. The molecule has 133 valence electrons. The largest absolute Gasteiger partial charge is 0.337 e. The summed E-state index contributed by atoms with van der Waals surface area (Å²) in [6, 6.07) is 15.6. The van der Waals surface area contributed by atoms with Crippen molar-refractivity contribution in [3.63, 3.8) is 0 Å². The van der Waals surface area contributed by atoms with Crippen molar-refractivity contribution in [2.75, 3.05) is 0 Å². The molecule has 0 spiro atoms. The fraction of sp³-hybridized carbons (Fsp3) is 0.143. The topological polar surface area (TPSA) is 35.6 Å². The Morgan fingerprint density at radius 2 is 1.81 bits per heavy atom. The number of rotatable bonds is 3. The van der Waals surface area contributed by atoms with Gasteiger partial charge in [-0.3, -0.25) is 9.55 Å². The van der Waals surface area contributed by atoms with Gasteiger partial charge in [0.15, 0.2) is 0 Å². The van der Waals surface area contributed by atoms with E-state index in [1.807, 2.05) is 35.0 Å². The van der Waals surface area contributed by atoms with E-state index in [2.05, 4.69) is 54.7 Å². The standard InChI is InChI=1S/C21H19N4.Ir/c1-15-11-16(2)20(17(3)12-15)25-13-19(24-10-9-22-14-24)23-21(25)18-7-5-4-6-8-18;/h4-7,9-14H,1-3H3;/q-1;. The van der Waals surface area contributed by atoms with Crippen LogP contribution in [0.1, 0.15) is 16.7 Å². The number of hydrogen-bond donors (Lipinski definition) is 0. The molecule has 2 aromatic carbocycles.